The van der Waals surface area contributed by atoms with E-state index in [0.717, 1.165) is 4.90 Å². The second-order valence-electron chi connectivity index (χ2n) is 4.13. The molecule has 102 valence electrons. The number of ether oxygens (including phenoxy) is 1. The molecule has 6 nitrogen and oxygen atoms in total. The second kappa shape index (κ2) is 6.65. The van der Waals surface area contributed by atoms with Gasteiger partial charge in [-0.3, -0.25) is 10.1 Å². The zero-order valence-corrected chi connectivity index (χ0v) is 11.2. The summed E-state index contributed by atoms with van der Waals surface area (Å²) in [4.78, 5) is 23.3. The SMILES string of the molecule is CCOC(=O)c1cccc(/C=C/[NH+](C)C)c1[N+](=O)[O-]. The van der Waals surface area contributed by atoms with Gasteiger partial charge in [-0.05, 0) is 19.1 Å². The second-order valence-corrected chi connectivity index (χ2v) is 4.13. The minimum Gasteiger partial charge on any atom is -0.462 e. The number of nitro benzene ring substituents is 1. The van der Waals surface area contributed by atoms with Crippen LogP contribution >= 0.6 is 0 Å². The standard InChI is InChI=1S/C13H16N2O4/c1-4-19-13(16)11-7-5-6-10(8-9-14(2)3)12(11)15(17)18/h5-9H,4H2,1-3H3/p+1/b9-8+. The molecular weight excluding hydrogens is 248 g/mol. The van der Waals surface area contributed by atoms with Gasteiger partial charge in [0, 0.05) is 6.08 Å². The van der Waals surface area contributed by atoms with E-state index < -0.39 is 10.9 Å². The first kappa shape index (κ1) is 14.8. The number of para-hydroxylation sites is 1. The molecule has 0 saturated carbocycles. The van der Waals surface area contributed by atoms with Gasteiger partial charge in [0.05, 0.1) is 37.4 Å². The van der Waals surface area contributed by atoms with Crippen molar-refractivity contribution in [2.45, 2.75) is 6.92 Å². The van der Waals surface area contributed by atoms with Gasteiger partial charge < -0.3 is 9.64 Å². The molecule has 0 aliphatic rings. The third kappa shape index (κ3) is 3.89. The highest BCUT2D eigenvalue weighted by Gasteiger charge is 2.24. The highest BCUT2D eigenvalue weighted by molar-refractivity contribution is 5.95. The average molecular weight is 265 g/mol. The monoisotopic (exact) mass is 265 g/mol. The molecule has 1 N–H and O–H groups in total. The molecule has 0 bridgehead atoms. The maximum Gasteiger partial charge on any atom is 0.345 e. The molecule has 0 saturated heterocycles. The Balaban J connectivity index is 3.30. The summed E-state index contributed by atoms with van der Waals surface area (Å²) >= 11 is 0. The smallest absolute Gasteiger partial charge is 0.345 e. The number of nitrogens with one attached hydrogen (secondary N) is 1. The van der Waals surface area contributed by atoms with E-state index in [1.54, 1.807) is 31.3 Å². The summed E-state index contributed by atoms with van der Waals surface area (Å²) < 4.78 is 4.83. The first-order valence-electron chi connectivity index (χ1n) is 5.90. The van der Waals surface area contributed by atoms with E-state index in [1.165, 1.54) is 6.07 Å². The van der Waals surface area contributed by atoms with Crippen molar-refractivity contribution in [3.8, 4) is 0 Å². The van der Waals surface area contributed by atoms with Gasteiger partial charge >= 0.3 is 5.97 Å². The Morgan fingerprint density at radius 2 is 2.16 bits per heavy atom. The number of rotatable bonds is 5. The van der Waals surface area contributed by atoms with Crippen molar-refractivity contribution < 1.29 is 19.4 Å². The number of nitro groups is 1. The summed E-state index contributed by atoms with van der Waals surface area (Å²) in [6.45, 7) is 1.83. The van der Waals surface area contributed by atoms with Crippen LogP contribution in [-0.4, -0.2) is 31.6 Å². The van der Waals surface area contributed by atoms with Gasteiger partial charge in [-0.15, -0.1) is 0 Å². The van der Waals surface area contributed by atoms with Gasteiger partial charge in [-0.2, -0.15) is 0 Å². The lowest BCUT2D eigenvalue weighted by Gasteiger charge is -2.05. The number of carbonyl (C=O) groups excluding carboxylic acids is 1. The van der Waals surface area contributed by atoms with Crippen LogP contribution in [0.2, 0.25) is 0 Å². The Hall–Kier alpha value is -2.21. The molecule has 0 aliphatic heterocycles. The topological polar surface area (TPSA) is 73.9 Å². The third-order valence-corrected chi connectivity index (χ3v) is 2.34. The van der Waals surface area contributed by atoms with Crippen molar-refractivity contribution in [2.75, 3.05) is 20.7 Å². The van der Waals surface area contributed by atoms with E-state index in [0.29, 0.717) is 5.56 Å². The maximum atomic E-state index is 11.7. The molecule has 0 atom stereocenters. The molecule has 0 unspecified atom stereocenters. The van der Waals surface area contributed by atoms with Gasteiger partial charge in [-0.1, -0.05) is 6.07 Å². The summed E-state index contributed by atoms with van der Waals surface area (Å²) in [5.41, 5.74) is 0.137. The normalized spacial score (nSPS) is 10.9. The lowest BCUT2D eigenvalue weighted by molar-refractivity contribution is -0.800. The maximum absolute atomic E-state index is 11.7. The predicted octanol–water partition coefficient (Wildman–Crippen LogP) is 0.887. The molecule has 1 rings (SSSR count). The van der Waals surface area contributed by atoms with Crippen molar-refractivity contribution >= 4 is 17.7 Å². The number of hydrogen-bond acceptors (Lipinski definition) is 4. The average Bonchev–Trinajstić information content (AvgIpc) is 2.35. The summed E-state index contributed by atoms with van der Waals surface area (Å²) in [7, 11) is 3.77. The zero-order valence-electron chi connectivity index (χ0n) is 11.2. The fourth-order valence-electron chi connectivity index (χ4n) is 1.53. The molecule has 0 radical (unpaired) electrons. The summed E-state index contributed by atoms with van der Waals surface area (Å²) in [5.74, 6) is -0.679. The number of hydrogen-bond donors (Lipinski definition) is 1. The van der Waals surface area contributed by atoms with Gasteiger partial charge in [0.1, 0.15) is 5.56 Å². The van der Waals surface area contributed by atoms with Crippen molar-refractivity contribution in [2.24, 2.45) is 0 Å². The predicted molar refractivity (Wildman–Crippen MR) is 70.9 cm³/mol. The van der Waals surface area contributed by atoms with Crippen molar-refractivity contribution in [3.63, 3.8) is 0 Å². The quantitative estimate of drug-likeness (QED) is 0.487. The van der Waals surface area contributed by atoms with Crippen LogP contribution in [0.25, 0.3) is 6.08 Å². The number of esters is 1. The lowest BCUT2D eigenvalue weighted by Crippen LogP contribution is -3.00. The summed E-state index contributed by atoms with van der Waals surface area (Å²) in [6.07, 6.45) is 3.38. The van der Waals surface area contributed by atoms with E-state index in [1.807, 2.05) is 14.1 Å². The minimum absolute atomic E-state index is 0.0252. The van der Waals surface area contributed by atoms with E-state index in [9.17, 15) is 14.9 Å². The molecule has 0 spiro atoms. The van der Waals surface area contributed by atoms with Gasteiger partial charge in [0.15, 0.2) is 0 Å². The summed E-state index contributed by atoms with van der Waals surface area (Å²) in [5, 5.41) is 11.2. The first-order valence-corrected chi connectivity index (χ1v) is 5.90. The molecule has 0 fully saturated rings. The number of carbonyl (C=O) groups is 1. The van der Waals surface area contributed by atoms with E-state index in [4.69, 9.17) is 4.74 Å². The van der Waals surface area contributed by atoms with Crippen molar-refractivity contribution in [1.82, 2.24) is 0 Å². The van der Waals surface area contributed by atoms with Crippen LogP contribution in [-0.2, 0) is 4.74 Å². The Kier molecular flexibility index (Phi) is 5.20. The van der Waals surface area contributed by atoms with Crippen molar-refractivity contribution in [3.05, 3.63) is 45.6 Å². The largest absolute Gasteiger partial charge is 0.462 e. The van der Waals surface area contributed by atoms with Crippen LogP contribution < -0.4 is 4.90 Å². The summed E-state index contributed by atoms with van der Waals surface area (Å²) in [6, 6.07) is 4.60. The number of benzene rings is 1. The first-order chi connectivity index (χ1) is 8.97. The molecule has 0 aliphatic carbocycles. The Labute approximate surface area is 111 Å². The van der Waals surface area contributed by atoms with E-state index >= 15 is 0 Å². The molecule has 0 aromatic heterocycles. The molecule has 1 aromatic rings. The van der Waals surface area contributed by atoms with Crippen molar-refractivity contribution in [1.29, 1.82) is 0 Å². The minimum atomic E-state index is -0.679. The van der Waals surface area contributed by atoms with E-state index in [-0.39, 0.29) is 17.9 Å². The van der Waals surface area contributed by atoms with Crippen LogP contribution in [0.4, 0.5) is 5.69 Å². The zero-order chi connectivity index (χ0) is 14.4. The van der Waals surface area contributed by atoms with Gasteiger partial charge in [0.25, 0.3) is 5.69 Å². The molecule has 6 heteroatoms. The van der Waals surface area contributed by atoms with E-state index in [2.05, 4.69) is 0 Å². The van der Waals surface area contributed by atoms with Gasteiger partial charge in [-0.25, -0.2) is 4.79 Å². The third-order valence-electron chi connectivity index (χ3n) is 2.34. The van der Waals surface area contributed by atoms with Gasteiger partial charge in [0.2, 0.25) is 0 Å². The molecule has 0 heterocycles. The van der Waals surface area contributed by atoms with Crippen LogP contribution in [0.5, 0.6) is 0 Å². The highest BCUT2D eigenvalue weighted by Crippen LogP contribution is 2.25. The number of quaternary nitrogens is 1. The van der Waals surface area contributed by atoms with Crippen LogP contribution in [0.15, 0.2) is 24.4 Å². The Morgan fingerprint density at radius 1 is 1.47 bits per heavy atom. The Bertz CT molecular complexity index is 509. The molecule has 1 aromatic carbocycles. The van der Waals surface area contributed by atoms with Crippen LogP contribution in [0.3, 0.4) is 0 Å². The fourth-order valence-corrected chi connectivity index (χ4v) is 1.53. The lowest BCUT2D eigenvalue weighted by atomic mass is 10.1. The van der Waals surface area contributed by atoms with Crippen LogP contribution in [0, 0.1) is 10.1 Å². The molecule has 19 heavy (non-hydrogen) atoms. The Morgan fingerprint density at radius 3 is 2.68 bits per heavy atom. The highest BCUT2D eigenvalue weighted by atomic mass is 16.6. The molecule has 0 amide bonds. The number of nitrogens with zero attached hydrogens (tertiary/aromatic N) is 1. The fraction of sp³-hybridized carbons (Fsp3) is 0.308. The van der Waals surface area contributed by atoms with Crippen LogP contribution in [0.1, 0.15) is 22.8 Å². The molecular formula is C13H17N2O4+.